The van der Waals surface area contributed by atoms with Crippen molar-refractivity contribution in [3.63, 3.8) is 0 Å². The molecule has 6 nitrogen and oxygen atoms in total. The first kappa shape index (κ1) is 16.9. The first-order valence-corrected chi connectivity index (χ1v) is 8.10. The zero-order valence-electron chi connectivity index (χ0n) is 13.6. The summed E-state index contributed by atoms with van der Waals surface area (Å²) in [5.41, 5.74) is 0.952. The third kappa shape index (κ3) is 4.76. The van der Waals surface area contributed by atoms with Gasteiger partial charge in [0.15, 0.2) is 0 Å². The zero-order chi connectivity index (χ0) is 17.5. The maximum atomic E-state index is 13.2. The van der Waals surface area contributed by atoms with E-state index in [4.69, 9.17) is 4.42 Å². The van der Waals surface area contributed by atoms with Crippen LogP contribution in [0.5, 0.6) is 0 Å². The molecule has 0 radical (unpaired) electrons. The fraction of sp³-hybridized carbons (Fsp3) is 0.278. The monoisotopic (exact) mass is 342 g/mol. The molecular formula is C18H19FN4O2. The normalized spacial score (nSPS) is 12.0. The average molecular weight is 342 g/mol. The van der Waals surface area contributed by atoms with Gasteiger partial charge in [-0.25, -0.2) is 9.37 Å². The molecule has 1 amide bonds. The van der Waals surface area contributed by atoms with Gasteiger partial charge in [-0.2, -0.15) is 5.10 Å². The number of halogens is 1. The second-order valence-corrected chi connectivity index (χ2v) is 5.67. The lowest BCUT2D eigenvalue weighted by Gasteiger charge is -2.15. The molecule has 2 heterocycles. The maximum Gasteiger partial charge on any atom is 0.221 e. The van der Waals surface area contributed by atoms with E-state index in [-0.39, 0.29) is 17.6 Å². The van der Waals surface area contributed by atoms with E-state index in [1.165, 1.54) is 18.5 Å². The van der Waals surface area contributed by atoms with E-state index in [2.05, 4.69) is 15.4 Å². The van der Waals surface area contributed by atoms with Crippen LogP contribution in [-0.4, -0.2) is 27.2 Å². The number of carbonyl (C=O) groups is 1. The van der Waals surface area contributed by atoms with Crippen LogP contribution in [0.4, 0.5) is 4.39 Å². The van der Waals surface area contributed by atoms with Gasteiger partial charge >= 0.3 is 0 Å². The Morgan fingerprint density at radius 2 is 2.12 bits per heavy atom. The number of benzene rings is 1. The molecule has 0 aliphatic carbocycles. The molecule has 25 heavy (non-hydrogen) atoms. The summed E-state index contributed by atoms with van der Waals surface area (Å²) >= 11 is 0. The molecule has 1 aromatic carbocycles. The number of hydrogen-bond donors (Lipinski definition) is 1. The number of aromatic nitrogens is 3. The number of rotatable bonds is 8. The van der Waals surface area contributed by atoms with Crippen LogP contribution in [0.15, 0.2) is 59.7 Å². The Bertz CT molecular complexity index is 770. The Morgan fingerprint density at radius 1 is 1.28 bits per heavy atom. The molecule has 0 aliphatic rings. The number of nitrogens with one attached hydrogen (secondary N) is 1. The van der Waals surface area contributed by atoms with E-state index >= 15 is 0 Å². The fourth-order valence-corrected chi connectivity index (χ4v) is 2.67. The first-order valence-electron chi connectivity index (χ1n) is 8.10. The van der Waals surface area contributed by atoms with Crippen LogP contribution >= 0.6 is 0 Å². The highest BCUT2D eigenvalue weighted by Crippen LogP contribution is 2.28. The highest BCUT2D eigenvalue weighted by molar-refractivity contribution is 5.75. The minimum Gasteiger partial charge on any atom is -0.469 e. The summed E-state index contributed by atoms with van der Waals surface area (Å²) in [6.07, 6.45) is 5.63. The van der Waals surface area contributed by atoms with Gasteiger partial charge in [-0.1, -0.05) is 12.1 Å². The van der Waals surface area contributed by atoms with E-state index in [0.717, 1.165) is 11.3 Å². The smallest absolute Gasteiger partial charge is 0.221 e. The third-order valence-electron chi connectivity index (χ3n) is 3.95. The molecule has 0 unspecified atom stereocenters. The highest BCUT2D eigenvalue weighted by atomic mass is 19.1. The van der Waals surface area contributed by atoms with Gasteiger partial charge in [0, 0.05) is 18.9 Å². The summed E-state index contributed by atoms with van der Waals surface area (Å²) in [6.45, 7) is 0.990. The molecule has 130 valence electrons. The molecule has 1 N–H and O–H groups in total. The lowest BCUT2D eigenvalue weighted by molar-refractivity contribution is -0.121. The lowest BCUT2D eigenvalue weighted by Crippen LogP contribution is -2.26. The lowest BCUT2D eigenvalue weighted by atomic mass is 9.93. The van der Waals surface area contributed by atoms with E-state index < -0.39 is 0 Å². The molecule has 2 aromatic heterocycles. The summed E-state index contributed by atoms with van der Waals surface area (Å²) < 4.78 is 20.3. The standard InChI is InChI=1S/C18H19FN4O2/c19-15-5-3-14(4-6-15)16(17-2-1-11-25-17)7-9-21-18(24)8-10-23-13-20-12-22-23/h1-6,11-13,16H,7-10H2,(H,21,24)/t16-/m1/s1. The average Bonchev–Trinajstić information content (AvgIpc) is 3.31. The minimum atomic E-state index is -0.275. The molecule has 0 saturated heterocycles. The zero-order valence-corrected chi connectivity index (χ0v) is 13.6. The largest absolute Gasteiger partial charge is 0.469 e. The Hall–Kier alpha value is -2.96. The summed E-state index contributed by atoms with van der Waals surface area (Å²) in [6, 6.07) is 10.1. The van der Waals surface area contributed by atoms with Gasteiger partial charge in [0.2, 0.25) is 5.91 Å². The summed E-state index contributed by atoms with van der Waals surface area (Å²) in [4.78, 5) is 15.8. The molecular weight excluding hydrogens is 323 g/mol. The summed E-state index contributed by atoms with van der Waals surface area (Å²) in [5, 5.41) is 6.86. The second-order valence-electron chi connectivity index (χ2n) is 5.67. The van der Waals surface area contributed by atoms with Gasteiger partial charge in [-0.15, -0.1) is 0 Å². The summed E-state index contributed by atoms with van der Waals surface area (Å²) in [5.74, 6) is 0.436. The number of aryl methyl sites for hydroxylation is 1. The molecule has 3 aromatic rings. The molecule has 0 aliphatic heterocycles. The molecule has 0 bridgehead atoms. The quantitative estimate of drug-likeness (QED) is 0.683. The van der Waals surface area contributed by atoms with Crippen molar-refractivity contribution in [3.05, 3.63) is 72.5 Å². The molecule has 1 atom stereocenters. The third-order valence-corrected chi connectivity index (χ3v) is 3.95. The van der Waals surface area contributed by atoms with E-state index in [0.29, 0.717) is 25.9 Å². The number of amides is 1. The van der Waals surface area contributed by atoms with Crippen molar-refractivity contribution in [2.75, 3.05) is 6.54 Å². The molecule has 0 fully saturated rings. The van der Waals surface area contributed by atoms with Gasteiger partial charge in [-0.05, 0) is 36.2 Å². The Kier molecular flexibility index (Phi) is 5.56. The van der Waals surface area contributed by atoms with Crippen LogP contribution in [0, 0.1) is 5.82 Å². The van der Waals surface area contributed by atoms with Gasteiger partial charge in [-0.3, -0.25) is 9.48 Å². The Balaban J connectivity index is 1.54. The van der Waals surface area contributed by atoms with Crippen LogP contribution in [0.2, 0.25) is 0 Å². The van der Waals surface area contributed by atoms with Crippen molar-refractivity contribution >= 4 is 5.91 Å². The highest BCUT2D eigenvalue weighted by Gasteiger charge is 2.17. The van der Waals surface area contributed by atoms with Crippen LogP contribution in [0.3, 0.4) is 0 Å². The van der Waals surface area contributed by atoms with Gasteiger partial charge < -0.3 is 9.73 Å². The number of furan rings is 1. The number of nitrogens with zero attached hydrogens (tertiary/aromatic N) is 3. The number of carbonyl (C=O) groups excluding carboxylic acids is 1. The van der Waals surface area contributed by atoms with Crippen LogP contribution in [0.1, 0.15) is 30.1 Å². The fourth-order valence-electron chi connectivity index (χ4n) is 2.67. The molecule has 0 spiro atoms. The van der Waals surface area contributed by atoms with Gasteiger partial charge in [0.1, 0.15) is 24.2 Å². The number of hydrogen-bond acceptors (Lipinski definition) is 4. The van der Waals surface area contributed by atoms with Gasteiger partial charge in [0.25, 0.3) is 0 Å². The SMILES string of the molecule is O=C(CCn1cncn1)NCC[C@H](c1ccc(F)cc1)c1ccco1. The van der Waals surface area contributed by atoms with E-state index in [9.17, 15) is 9.18 Å². The van der Waals surface area contributed by atoms with Crippen molar-refractivity contribution in [1.29, 1.82) is 0 Å². The predicted molar refractivity (Wildman–Crippen MR) is 89.2 cm³/mol. The van der Waals surface area contributed by atoms with Crippen LogP contribution < -0.4 is 5.32 Å². The van der Waals surface area contributed by atoms with Crippen molar-refractivity contribution in [2.24, 2.45) is 0 Å². The van der Waals surface area contributed by atoms with Crippen LogP contribution in [-0.2, 0) is 11.3 Å². The second kappa shape index (κ2) is 8.23. The van der Waals surface area contributed by atoms with Gasteiger partial charge in [0.05, 0.1) is 12.8 Å². The summed E-state index contributed by atoms with van der Waals surface area (Å²) in [7, 11) is 0. The topological polar surface area (TPSA) is 73.0 Å². The first-order chi connectivity index (χ1) is 12.2. The van der Waals surface area contributed by atoms with Crippen molar-refractivity contribution < 1.29 is 13.6 Å². The molecule has 7 heteroatoms. The minimum absolute atomic E-state index is 0.0359. The molecule has 3 rings (SSSR count). The van der Waals surface area contributed by atoms with Crippen LogP contribution in [0.25, 0.3) is 0 Å². The van der Waals surface area contributed by atoms with E-state index in [1.54, 1.807) is 29.4 Å². The van der Waals surface area contributed by atoms with Crippen molar-refractivity contribution in [2.45, 2.75) is 25.3 Å². The van der Waals surface area contributed by atoms with E-state index in [1.807, 2.05) is 12.1 Å². The maximum absolute atomic E-state index is 13.2. The van der Waals surface area contributed by atoms with Crippen molar-refractivity contribution in [3.8, 4) is 0 Å². The predicted octanol–water partition coefficient (Wildman–Crippen LogP) is 2.74. The Morgan fingerprint density at radius 3 is 2.80 bits per heavy atom. The Labute approximate surface area is 144 Å². The molecule has 0 saturated carbocycles. The van der Waals surface area contributed by atoms with Crippen molar-refractivity contribution in [1.82, 2.24) is 20.1 Å².